The van der Waals surface area contributed by atoms with Crippen molar-refractivity contribution >= 4 is 25.3 Å². The molecule has 2 radical (unpaired) electrons. The molecule has 0 fully saturated rings. The summed E-state index contributed by atoms with van der Waals surface area (Å²) in [6.45, 7) is 9.00. The summed E-state index contributed by atoms with van der Waals surface area (Å²) in [4.78, 5) is 0. The van der Waals surface area contributed by atoms with E-state index in [1.807, 2.05) is 60.7 Å². The molecule has 0 aliphatic rings. The summed E-state index contributed by atoms with van der Waals surface area (Å²) in [6.07, 6.45) is 3.17. The van der Waals surface area contributed by atoms with E-state index in [-0.39, 0.29) is 34.1 Å². The van der Waals surface area contributed by atoms with E-state index >= 15 is 0 Å². The molecule has 2 rings (SSSR count). The van der Waals surface area contributed by atoms with E-state index in [0.29, 0.717) is 0 Å². The van der Waals surface area contributed by atoms with E-state index in [1.165, 1.54) is 0 Å². The molecule has 2 aromatic carbocycles. The molecule has 0 bridgehead atoms. The third-order valence-electron chi connectivity index (χ3n) is 1.11. The van der Waals surface area contributed by atoms with Crippen LogP contribution in [0.15, 0.2) is 60.7 Å². The van der Waals surface area contributed by atoms with Crippen LogP contribution in [0.2, 0.25) is 0 Å². The Balaban J connectivity index is -0.0000000311. The molecule has 0 aliphatic carbocycles. The predicted molar refractivity (Wildman–Crippen MR) is 78.5 cm³/mol. The van der Waals surface area contributed by atoms with E-state index in [2.05, 4.69) is 38.6 Å². The minimum absolute atomic E-state index is 0. The zero-order chi connectivity index (χ0) is 15.1. The molecular formula is C14H16Fe2O2S2+6. The molecule has 6 heteroatoms. The summed E-state index contributed by atoms with van der Waals surface area (Å²) in [5.74, 6) is 0. The normalized spacial score (nSPS) is 4.80. The minimum Gasteiger partial charge on any atom is -0.214 e. The fraction of sp³-hybridized carbons (Fsp3) is 0.143. The Morgan fingerprint density at radius 1 is 0.600 bits per heavy atom. The Labute approximate surface area is 154 Å². The van der Waals surface area contributed by atoms with Crippen molar-refractivity contribution in [3.63, 3.8) is 0 Å². The average Bonchev–Trinajstić information content (AvgIpc) is 3.25. The Bertz CT molecular complexity index is 227. The molecule has 0 amide bonds. The number of hydrogen-bond acceptors (Lipinski definition) is 2. The SMILES string of the molecule is C[S-].C[S-].[C-]#[O+].[C-]#[O+].[Fe+5].[Fe+5].c1cc[cH-]c1.c1cc[cH-]c1. The van der Waals surface area contributed by atoms with E-state index in [0.717, 1.165) is 0 Å². The maximum Gasteiger partial charge on any atom is 5.00 e. The average molecular weight is 392 g/mol. The van der Waals surface area contributed by atoms with Crippen LogP contribution in [0.4, 0.5) is 0 Å². The van der Waals surface area contributed by atoms with Gasteiger partial charge in [-0.25, -0.2) is 24.3 Å². The largest absolute Gasteiger partial charge is 5.00 e. The molecule has 0 spiro atoms. The van der Waals surface area contributed by atoms with Gasteiger partial charge in [0.1, 0.15) is 0 Å². The summed E-state index contributed by atoms with van der Waals surface area (Å²) in [6, 6.07) is 20.0. The molecule has 0 N–H and O–H groups in total. The summed E-state index contributed by atoms with van der Waals surface area (Å²) in [7, 11) is 0. The maximum atomic E-state index is 7.50. The second-order valence-corrected chi connectivity index (χ2v) is 1.92. The monoisotopic (exact) mass is 392 g/mol. The summed E-state index contributed by atoms with van der Waals surface area (Å²) >= 11 is 8.17. The van der Waals surface area contributed by atoms with Gasteiger partial charge in [0.2, 0.25) is 0 Å². The van der Waals surface area contributed by atoms with Gasteiger partial charge in [-0.3, -0.25) is 0 Å². The fourth-order valence-electron chi connectivity index (χ4n) is 0.642. The molecule has 20 heavy (non-hydrogen) atoms. The maximum absolute atomic E-state index is 7.50. The van der Waals surface area contributed by atoms with Crippen molar-refractivity contribution in [2.45, 2.75) is 0 Å². The van der Waals surface area contributed by atoms with E-state index in [9.17, 15) is 0 Å². The van der Waals surface area contributed by atoms with Crippen LogP contribution in [0.3, 0.4) is 0 Å². The third-order valence-corrected chi connectivity index (χ3v) is 1.11. The van der Waals surface area contributed by atoms with Gasteiger partial charge < -0.3 is 25.3 Å². The third kappa shape index (κ3) is 52.1. The van der Waals surface area contributed by atoms with Gasteiger partial charge in [0.25, 0.3) is 0 Å². The first-order valence-electron chi connectivity index (χ1n) is 4.56. The Hall–Kier alpha value is -0.0810. The second-order valence-electron chi connectivity index (χ2n) is 1.92. The summed E-state index contributed by atoms with van der Waals surface area (Å²) < 4.78 is 15.0. The van der Waals surface area contributed by atoms with Crippen molar-refractivity contribution in [3.8, 4) is 0 Å². The zero-order valence-corrected chi connectivity index (χ0v) is 15.0. The van der Waals surface area contributed by atoms with Crippen LogP contribution < -0.4 is 0 Å². The first-order chi connectivity index (χ1) is 9.00. The van der Waals surface area contributed by atoms with Gasteiger partial charge in [-0.2, -0.15) is 48.9 Å². The van der Waals surface area contributed by atoms with Gasteiger partial charge >= 0.3 is 56.7 Å². The van der Waals surface area contributed by atoms with Crippen molar-refractivity contribution in [1.29, 1.82) is 0 Å². The molecule has 0 heterocycles. The van der Waals surface area contributed by atoms with E-state index < -0.39 is 0 Å². The smallest absolute Gasteiger partial charge is 0.214 e. The van der Waals surface area contributed by atoms with Crippen LogP contribution in [0, 0.1) is 13.3 Å². The van der Waals surface area contributed by atoms with Crippen LogP contribution >= 0.6 is 0 Å². The number of rotatable bonds is 0. The zero-order valence-electron chi connectivity index (χ0n) is 11.1. The minimum atomic E-state index is 0. The van der Waals surface area contributed by atoms with Crippen molar-refractivity contribution in [1.82, 2.24) is 0 Å². The standard InChI is InChI=1S/2C5H5.2CO.2CH4S.2Fe/c2*1-2-4-5-3-1;4*1-2;;/h2*1-5H;;;2*2H,1H3;;/q2*-1;;;;;2*+5/p-2. The van der Waals surface area contributed by atoms with Gasteiger partial charge in [0.15, 0.2) is 0 Å². The van der Waals surface area contributed by atoms with Gasteiger partial charge in [-0.1, -0.05) is 0 Å². The van der Waals surface area contributed by atoms with E-state index in [1.54, 1.807) is 12.5 Å². The summed E-state index contributed by atoms with van der Waals surface area (Å²) in [5, 5.41) is 0. The van der Waals surface area contributed by atoms with Crippen LogP contribution in [-0.4, -0.2) is 12.5 Å². The van der Waals surface area contributed by atoms with Crippen LogP contribution in [0.1, 0.15) is 0 Å². The molecule has 106 valence electrons. The first-order valence-corrected chi connectivity index (χ1v) is 6.19. The molecule has 0 atom stereocenters. The van der Waals surface area contributed by atoms with E-state index in [4.69, 9.17) is 9.30 Å². The molecule has 0 aromatic heterocycles. The molecule has 0 unspecified atom stereocenters. The molecule has 0 aliphatic heterocycles. The molecule has 2 nitrogen and oxygen atoms in total. The molecular weight excluding hydrogens is 376 g/mol. The van der Waals surface area contributed by atoms with Gasteiger partial charge in [-0.15, -0.1) is 0 Å². The second kappa shape index (κ2) is 61.7. The van der Waals surface area contributed by atoms with Crippen LogP contribution in [-0.2, 0) is 68.7 Å². The topological polar surface area (TPSA) is 39.8 Å². The Kier molecular flexibility index (Phi) is 114. The van der Waals surface area contributed by atoms with Crippen molar-refractivity contribution in [3.05, 3.63) is 74.0 Å². The summed E-state index contributed by atoms with van der Waals surface area (Å²) in [5.41, 5.74) is 0. The van der Waals surface area contributed by atoms with Gasteiger partial charge in [0, 0.05) is 0 Å². The molecule has 0 saturated heterocycles. The van der Waals surface area contributed by atoms with Crippen LogP contribution in [0.5, 0.6) is 0 Å². The van der Waals surface area contributed by atoms with Gasteiger partial charge in [-0.05, 0) is 0 Å². The quantitative estimate of drug-likeness (QED) is 0.299. The van der Waals surface area contributed by atoms with Crippen molar-refractivity contribution in [2.75, 3.05) is 12.5 Å². The Morgan fingerprint density at radius 3 is 0.800 bits per heavy atom. The number of hydrogen-bond donors (Lipinski definition) is 0. The predicted octanol–water partition coefficient (Wildman–Crippen LogP) is 3.06. The molecule has 2 aromatic rings. The fourth-order valence-corrected chi connectivity index (χ4v) is 0.642. The Morgan fingerprint density at radius 2 is 0.750 bits per heavy atom. The van der Waals surface area contributed by atoms with Crippen molar-refractivity contribution in [2.24, 2.45) is 0 Å². The molecule has 0 saturated carbocycles. The van der Waals surface area contributed by atoms with Crippen molar-refractivity contribution < 1.29 is 43.4 Å². The van der Waals surface area contributed by atoms with Gasteiger partial charge in [0.05, 0.1) is 0 Å². The van der Waals surface area contributed by atoms with Crippen LogP contribution in [0.25, 0.3) is 0 Å². The first kappa shape index (κ1) is 36.8.